The van der Waals surface area contributed by atoms with Crippen molar-refractivity contribution in [1.82, 2.24) is 5.32 Å². The SMILES string of the molecule is CCCCNC(=O)c1cccc(O)c1C. The quantitative estimate of drug-likeness (QED) is 0.744. The third-order valence-corrected chi connectivity index (χ3v) is 2.37. The first-order chi connectivity index (χ1) is 7.16. The molecule has 15 heavy (non-hydrogen) atoms. The highest BCUT2D eigenvalue weighted by molar-refractivity contribution is 5.96. The number of carbonyl (C=O) groups is 1. The highest BCUT2D eigenvalue weighted by atomic mass is 16.3. The largest absolute Gasteiger partial charge is 0.508 e. The molecule has 1 aromatic rings. The average Bonchev–Trinajstić information content (AvgIpc) is 2.22. The van der Waals surface area contributed by atoms with Crippen molar-refractivity contribution in [3.8, 4) is 5.75 Å². The molecule has 3 nitrogen and oxygen atoms in total. The maximum atomic E-state index is 11.7. The Kier molecular flexibility index (Phi) is 4.16. The second-order valence-corrected chi connectivity index (χ2v) is 3.56. The molecule has 1 aromatic carbocycles. The number of amides is 1. The first kappa shape index (κ1) is 11.6. The number of phenolic OH excluding ortho intramolecular Hbond substituents is 1. The zero-order valence-electron chi connectivity index (χ0n) is 9.21. The molecule has 0 aliphatic heterocycles. The molecule has 0 aromatic heterocycles. The smallest absolute Gasteiger partial charge is 0.251 e. The van der Waals surface area contributed by atoms with Gasteiger partial charge < -0.3 is 10.4 Å². The number of hydrogen-bond acceptors (Lipinski definition) is 2. The Hall–Kier alpha value is -1.51. The lowest BCUT2D eigenvalue weighted by Gasteiger charge is -2.07. The van der Waals surface area contributed by atoms with Gasteiger partial charge in [-0.2, -0.15) is 0 Å². The zero-order chi connectivity index (χ0) is 11.3. The first-order valence-corrected chi connectivity index (χ1v) is 5.23. The molecular formula is C12H17NO2. The van der Waals surface area contributed by atoms with E-state index >= 15 is 0 Å². The van der Waals surface area contributed by atoms with Crippen LogP contribution in [0.1, 0.15) is 35.7 Å². The van der Waals surface area contributed by atoms with Gasteiger partial charge in [0.05, 0.1) is 0 Å². The molecular weight excluding hydrogens is 190 g/mol. The predicted octanol–water partition coefficient (Wildman–Crippen LogP) is 2.23. The maximum absolute atomic E-state index is 11.7. The van der Waals surface area contributed by atoms with Gasteiger partial charge in [0, 0.05) is 17.7 Å². The minimum absolute atomic E-state index is 0.114. The molecule has 82 valence electrons. The van der Waals surface area contributed by atoms with Crippen molar-refractivity contribution in [2.75, 3.05) is 6.54 Å². The summed E-state index contributed by atoms with van der Waals surface area (Å²) >= 11 is 0. The number of benzene rings is 1. The zero-order valence-corrected chi connectivity index (χ0v) is 9.21. The fourth-order valence-electron chi connectivity index (χ4n) is 1.34. The molecule has 0 aliphatic rings. The van der Waals surface area contributed by atoms with Gasteiger partial charge in [-0.15, -0.1) is 0 Å². The van der Waals surface area contributed by atoms with Gasteiger partial charge in [0.2, 0.25) is 0 Å². The maximum Gasteiger partial charge on any atom is 0.251 e. The molecule has 0 spiro atoms. The van der Waals surface area contributed by atoms with E-state index in [4.69, 9.17) is 0 Å². The van der Waals surface area contributed by atoms with E-state index in [2.05, 4.69) is 12.2 Å². The van der Waals surface area contributed by atoms with Crippen molar-refractivity contribution in [1.29, 1.82) is 0 Å². The normalized spacial score (nSPS) is 10.0. The van der Waals surface area contributed by atoms with Gasteiger partial charge in [0.1, 0.15) is 5.75 Å². The molecule has 2 N–H and O–H groups in total. The fraction of sp³-hybridized carbons (Fsp3) is 0.417. The van der Waals surface area contributed by atoms with E-state index in [0.717, 1.165) is 12.8 Å². The number of hydrogen-bond donors (Lipinski definition) is 2. The van der Waals surface area contributed by atoms with Crippen LogP contribution < -0.4 is 5.32 Å². The second kappa shape index (κ2) is 5.39. The summed E-state index contributed by atoms with van der Waals surface area (Å²) in [4.78, 5) is 11.7. The van der Waals surface area contributed by atoms with Gasteiger partial charge in [-0.25, -0.2) is 0 Å². The molecule has 0 radical (unpaired) electrons. The average molecular weight is 207 g/mol. The number of nitrogens with one attached hydrogen (secondary N) is 1. The lowest BCUT2D eigenvalue weighted by Crippen LogP contribution is -2.25. The molecule has 0 saturated heterocycles. The Labute approximate surface area is 90.1 Å². The molecule has 0 heterocycles. The van der Waals surface area contributed by atoms with Gasteiger partial charge in [-0.05, 0) is 25.5 Å². The Bertz CT molecular complexity index is 347. The second-order valence-electron chi connectivity index (χ2n) is 3.56. The van der Waals surface area contributed by atoms with Crippen LogP contribution in [0, 0.1) is 6.92 Å². The van der Waals surface area contributed by atoms with Crippen LogP contribution in [0.5, 0.6) is 5.75 Å². The molecule has 0 unspecified atom stereocenters. The summed E-state index contributed by atoms with van der Waals surface area (Å²) in [5, 5.41) is 12.3. The van der Waals surface area contributed by atoms with Crippen molar-refractivity contribution in [2.24, 2.45) is 0 Å². The van der Waals surface area contributed by atoms with E-state index in [0.29, 0.717) is 17.7 Å². The van der Waals surface area contributed by atoms with Gasteiger partial charge in [0.25, 0.3) is 5.91 Å². The Morgan fingerprint density at radius 3 is 2.87 bits per heavy atom. The third-order valence-electron chi connectivity index (χ3n) is 2.37. The summed E-state index contributed by atoms with van der Waals surface area (Å²) in [6.45, 7) is 4.50. The van der Waals surface area contributed by atoms with Crippen LogP contribution in [0.15, 0.2) is 18.2 Å². The molecule has 3 heteroatoms. The molecule has 0 bridgehead atoms. The Morgan fingerprint density at radius 1 is 1.47 bits per heavy atom. The monoisotopic (exact) mass is 207 g/mol. The van der Waals surface area contributed by atoms with E-state index in [9.17, 15) is 9.90 Å². The van der Waals surface area contributed by atoms with Crippen LogP contribution in [0.2, 0.25) is 0 Å². The van der Waals surface area contributed by atoms with Gasteiger partial charge in [-0.1, -0.05) is 19.4 Å². The van der Waals surface area contributed by atoms with Gasteiger partial charge in [-0.3, -0.25) is 4.79 Å². The minimum Gasteiger partial charge on any atom is -0.508 e. The van der Waals surface area contributed by atoms with E-state index < -0.39 is 0 Å². The van der Waals surface area contributed by atoms with E-state index in [1.807, 2.05) is 0 Å². The number of rotatable bonds is 4. The molecule has 1 amide bonds. The highest BCUT2D eigenvalue weighted by Gasteiger charge is 2.09. The molecule has 0 aliphatic carbocycles. The fourth-order valence-corrected chi connectivity index (χ4v) is 1.34. The van der Waals surface area contributed by atoms with Crippen LogP contribution in [0.4, 0.5) is 0 Å². The van der Waals surface area contributed by atoms with E-state index in [1.54, 1.807) is 25.1 Å². The number of phenols is 1. The summed E-state index contributed by atoms with van der Waals surface area (Å²) in [7, 11) is 0. The third kappa shape index (κ3) is 2.98. The number of aromatic hydroxyl groups is 1. The van der Waals surface area contributed by atoms with Crippen LogP contribution in [0.25, 0.3) is 0 Å². The molecule has 0 atom stereocenters. The minimum atomic E-state index is -0.114. The standard InChI is InChI=1S/C12H17NO2/c1-3-4-8-13-12(15)10-6-5-7-11(14)9(10)2/h5-7,14H,3-4,8H2,1-2H3,(H,13,15). The Morgan fingerprint density at radius 2 is 2.20 bits per heavy atom. The highest BCUT2D eigenvalue weighted by Crippen LogP contribution is 2.19. The molecule has 1 rings (SSSR count). The van der Waals surface area contributed by atoms with Crippen LogP contribution in [0.3, 0.4) is 0 Å². The van der Waals surface area contributed by atoms with Crippen molar-refractivity contribution in [3.05, 3.63) is 29.3 Å². The van der Waals surface area contributed by atoms with Crippen LogP contribution in [-0.2, 0) is 0 Å². The lowest BCUT2D eigenvalue weighted by molar-refractivity contribution is 0.0952. The summed E-state index contributed by atoms with van der Waals surface area (Å²) in [6.07, 6.45) is 2.03. The predicted molar refractivity (Wildman–Crippen MR) is 60.1 cm³/mol. The van der Waals surface area contributed by atoms with Crippen LogP contribution in [-0.4, -0.2) is 17.6 Å². The van der Waals surface area contributed by atoms with Crippen molar-refractivity contribution in [2.45, 2.75) is 26.7 Å². The first-order valence-electron chi connectivity index (χ1n) is 5.23. The molecule has 0 fully saturated rings. The molecule has 0 saturated carbocycles. The van der Waals surface area contributed by atoms with Gasteiger partial charge in [0.15, 0.2) is 0 Å². The summed E-state index contributed by atoms with van der Waals surface area (Å²) in [5.41, 5.74) is 1.18. The summed E-state index contributed by atoms with van der Waals surface area (Å²) in [5.74, 6) is 0.0509. The number of carbonyl (C=O) groups excluding carboxylic acids is 1. The van der Waals surface area contributed by atoms with Crippen LogP contribution >= 0.6 is 0 Å². The summed E-state index contributed by atoms with van der Waals surface area (Å²) < 4.78 is 0. The van der Waals surface area contributed by atoms with Gasteiger partial charge >= 0.3 is 0 Å². The van der Waals surface area contributed by atoms with E-state index in [1.165, 1.54) is 0 Å². The van der Waals surface area contributed by atoms with Crippen molar-refractivity contribution < 1.29 is 9.90 Å². The summed E-state index contributed by atoms with van der Waals surface area (Å²) in [6, 6.07) is 4.98. The van der Waals surface area contributed by atoms with Crippen molar-refractivity contribution in [3.63, 3.8) is 0 Å². The van der Waals surface area contributed by atoms with Crippen molar-refractivity contribution >= 4 is 5.91 Å². The topological polar surface area (TPSA) is 49.3 Å². The Balaban J connectivity index is 2.69. The lowest BCUT2D eigenvalue weighted by atomic mass is 10.1. The number of unbranched alkanes of at least 4 members (excludes halogenated alkanes) is 1. The van der Waals surface area contributed by atoms with E-state index in [-0.39, 0.29) is 11.7 Å².